The zero-order valence-corrected chi connectivity index (χ0v) is 17.5. The van der Waals surface area contributed by atoms with Gasteiger partial charge in [0.1, 0.15) is 5.82 Å². The topological polar surface area (TPSA) is 62.0 Å². The van der Waals surface area contributed by atoms with Gasteiger partial charge in [-0.25, -0.2) is 12.8 Å². The molecule has 2 aromatic carbocycles. The predicted molar refractivity (Wildman–Crippen MR) is 111 cm³/mol. The summed E-state index contributed by atoms with van der Waals surface area (Å²) in [5.41, 5.74) is 1.85. The Bertz CT molecular complexity index is 1080. The molecule has 0 bridgehead atoms. The van der Waals surface area contributed by atoms with Crippen LogP contribution in [0.1, 0.15) is 33.3 Å². The largest absolute Gasteiger partial charge is 0.360 e. The Kier molecular flexibility index (Phi) is 5.64. The lowest BCUT2D eigenvalue weighted by atomic mass is 9.88. The van der Waals surface area contributed by atoms with Crippen LogP contribution in [0.25, 0.3) is 10.9 Å². The van der Waals surface area contributed by atoms with E-state index in [2.05, 4.69) is 38.0 Å². The maximum atomic E-state index is 13.6. The smallest absolute Gasteiger partial charge is 0.208 e. The number of fused-ring (bicyclic) bond motifs is 1. The van der Waals surface area contributed by atoms with Gasteiger partial charge in [-0.15, -0.1) is 0 Å². The average molecular weight is 403 g/mol. The van der Waals surface area contributed by atoms with Crippen molar-refractivity contribution in [3.05, 3.63) is 60.0 Å². The standard InChI is InChI=1S/C22H27FN2O2S/c1-15(22(2,3)4)24-12-11-16-7-5-10-19-21(16)20(14-25-19)28(26,27)18-9-6-8-17(23)13-18/h5-10,13-15,24-25H,11-12H2,1-4H3. The second-order valence-corrected chi connectivity index (χ2v) is 10.2. The number of sulfone groups is 1. The maximum Gasteiger partial charge on any atom is 0.208 e. The average Bonchev–Trinajstić information content (AvgIpc) is 3.06. The minimum atomic E-state index is -3.82. The third-order valence-corrected chi connectivity index (χ3v) is 7.07. The molecule has 0 radical (unpaired) electrons. The van der Waals surface area contributed by atoms with Gasteiger partial charge in [-0.3, -0.25) is 0 Å². The van der Waals surface area contributed by atoms with Crippen molar-refractivity contribution in [1.29, 1.82) is 0 Å². The van der Waals surface area contributed by atoms with E-state index in [1.807, 2.05) is 18.2 Å². The highest BCUT2D eigenvalue weighted by molar-refractivity contribution is 7.91. The van der Waals surface area contributed by atoms with Crippen LogP contribution in [0.4, 0.5) is 4.39 Å². The molecular weight excluding hydrogens is 375 g/mol. The molecule has 0 aliphatic carbocycles. The maximum absolute atomic E-state index is 13.6. The van der Waals surface area contributed by atoms with Gasteiger partial charge in [0.25, 0.3) is 0 Å². The second kappa shape index (κ2) is 7.68. The van der Waals surface area contributed by atoms with E-state index in [4.69, 9.17) is 0 Å². The molecule has 3 rings (SSSR count). The highest BCUT2D eigenvalue weighted by Crippen LogP contribution is 2.31. The third kappa shape index (κ3) is 4.13. The molecule has 1 atom stereocenters. The van der Waals surface area contributed by atoms with Crippen LogP contribution in [0.2, 0.25) is 0 Å². The first kappa shape index (κ1) is 20.6. The predicted octanol–water partition coefficient (Wildman–Crippen LogP) is 4.71. The van der Waals surface area contributed by atoms with E-state index >= 15 is 0 Å². The summed E-state index contributed by atoms with van der Waals surface area (Å²) in [5.74, 6) is -0.568. The summed E-state index contributed by atoms with van der Waals surface area (Å²) in [4.78, 5) is 3.20. The SMILES string of the molecule is CC(NCCc1cccc2[nH]cc(S(=O)(=O)c3cccc(F)c3)c12)C(C)(C)C. The van der Waals surface area contributed by atoms with Gasteiger partial charge in [0.2, 0.25) is 9.84 Å². The van der Waals surface area contributed by atoms with Gasteiger partial charge in [0.05, 0.1) is 9.79 Å². The summed E-state index contributed by atoms with van der Waals surface area (Å²) in [6.07, 6.45) is 2.20. The molecule has 0 aliphatic heterocycles. The van der Waals surface area contributed by atoms with Crippen molar-refractivity contribution in [3.63, 3.8) is 0 Å². The van der Waals surface area contributed by atoms with Gasteiger partial charge in [0.15, 0.2) is 0 Å². The first-order valence-corrected chi connectivity index (χ1v) is 10.9. The Labute approximate surface area is 166 Å². The number of halogens is 1. The highest BCUT2D eigenvalue weighted by Gasteiger charge is 2.24. The lowest BCUT2D eigenvalue weighted by Gasteiger charge is -2.28. The third-order valence-electron chi connectivity index (χ3n) is 5.30. The van der Waals surface area contributed by atoms with Crippen LogP contribution in [0, 0.1) is 11.2 Å². The van der Waals surface area contributed by atoms with Crippen LogP contribution in [0.5, 0.6) is 0 Å². The number of nitrogens with one attached hydrogen (secondary N) is 2. The summed E-state index contributed by atoms with van der Waals surface area (Å²) in [6, 6.07) is 11.2. The minimum absolute atomic E-state index is 0.0392. The van der Waals surface area contributed by atoms with E-state index in [-0.39, 0.29) is 15.2 Å². The summed E-state index contributed by atoms with van der Waals surface area (Å²) >= 11 is 0. The summed E-state index contributed by atoms with van der Waals surface area (Å²) in [6.45, 7) is 9.43. The van der Waals surface area contributed by atoms with Gasteiger partial charge < -0.3 is 10.3 Å². The minimum Gasteiger partial charge on any atom is -0.360 e. The van der Waals surface area contributed by atoms with Crippen LogP contribution < -0.4 is 5.32 Å². The first-order chi connectivity index (χ1) is 13.1. The molecule has 4 nitrogen and oxygen atoms in total. The van der Waals surface area contributed by atoms with Crippen molar-refractivity contribution >= 4 is 20.7 Å². The molecule has 1 unspecified atom stereocenters. The van der Waals surface area contributed by atoms with Crippen LogP contribution in [0.3, 0.4) is 0 Å². The van der Waals surface area contributed by atoms with Crippen molar-refractivity contribution < 1.29 is 12.8 Å². The Hall–Kier alpha value is -2.18. The van der Waals surface area contributed by atoms with E-state index in [0.717, 1.165) is 23.7 Å². The fourth-order valence-electron chi connectivity index (χ4n) is 3.14. The van der Waals surface area contributed by atoms with Crippen molar-refractivity contribution in [2.75, 3.05) is 6.54 Å². The van der Waals surface area contributed by atoms with E-state index in [0.29, 0.717) is 17.8 Å². The zero-order chi connectivity index (χ0) is 20.5. The molecule has 150 valence electrons. The quantitative estimate of drug-likeness (QED) is 0.628. The van der Waals surface area contributed by atoms with E-state index in [1.165, 1.54) is 24.4 Å². The molecule has 0 saturated carbocycles. The van der Waals surface area contributed by atoms with Gasteiger partial charge in [-0.1, -0.05) is 39.0 Å². The highest BCUT2D eigenvalue weighted by atomic mass is 32.2. The molecule has 0 spiro atoms. The molecule has 1 aromatic heterocycles. The van der Waals surface area contributed by atoms with Crippen LogP contribution in [0.15, 0.2) is 58.5 Å². The Morgan fingerprint density at radius 1 is 1.14 bits per heavy atom. The molecule has 2 N–H and O–H groups in total. The van der Waals surface area contributed by atoms with E-state index in [1.54, 1.807) is 0 Å². The Morgan fingerprint density at radius 3 is 2.54 bits per heavy atom. The molecule has 6 heteroatoms. The fourth-order valence-corrected chi connectivity index (χ4v) is 4.64. The number of aromatic amines is 1. The number of aromatic nitrogens is 1. The van der Waals surface area contributed by atoms with Crippen LogP contribution >= 0.6 is 0 Å². The summed E-state index contributed by atoms with van der Waals surface area (Å²) < 4.78 is 39.8. The molecule has 3 aromatic rings. The van der Waals surface area contributed by atoms with Crippen molar-refractivity contribution in [3.8, 4) is 0 Å². The summed E-state index contributed by atoms with van der Waals surface area (Å²) in [7, 11) is -3.82. The van der Waals surface area contributed by atoms with Gasteiger partial charge in [0, 0.05) is 23.1 Å². The first-order valence-electron chi connectivity index (χ1n) is 9.44. The zero-order valence-electron chi connectivity index (χ0n) is 16.7. The Balaban J connectivity index is 1.95. The van der Waals surface area contributed by atoms with Crippen molar-refractivity contribution in [1.82, 2.24) is 10.3 Å². The molecule has 0 amide bonds. The van der Waals surface area contributed by atoms with E-state index in [9.17, 15) is 12.8 Å². The molecule has 0 saturated heterocycles. The van der Waals surface area contributed by atoms with Crippen molar-refractivity contribution in [2.45, 2.75) is 49.9 Å². The lowest BCUT2D eigenvalue weighted by Crippen LogP contribution is -2.38. The van der Waals surface area contributed by atoms with Crippen molar-refractivity contribution in [2.24, 2.45) is 5.41 Å². The normalized spacial score (nSPS) is 13.8. The number of hydrogen-bond donors (Lipinski definition) is 2. The number of benzene rings is 2. The fraction of sp³-hybridized carbons (Fsp3) is 0.364. The number of rotatable bonds is 6. The van der Waals surface area contributed by atoms with Crippen LogP contribution in [-0.4, -0.2) is 26.0 Å². The van der Waals surface area contributed by atoms with E-state index < -0.39 is 15.7 Å². The van der Waals surface area contributed by atoms with Crippen LogP contribution in [-0.2, 0) is 16.3 Å². The molecule has 1 heterocycles. The molecular formula is C22H27FN2O2S. The van der Waals surface area contributed by atoms with Gasteiger partial charge in [-0.2, -0.15) is 0 Å². The molecule has 0 aliphatic rings. The molecule has 0 fully saturated rings. The number of hydrogen-bond acceptors (Lipinski definition) is 3. The number of H-pyrrole nitrogens is 1. The molecule has 28 heavy (non-hydrogen) atoms. The lowest BCUT2D eigenvalue weighted by molar-refractivity contribution is 0.288. The Morgan fingerprint density at radius 2 is 1.86 bits per heavy atom. The van der Waals surface area contributed by atoms with Gasteiger partial charge in [-0.05, 0) is 55.1 Å². The summed E-state index contributed by atoms with van der Waals surface area (Å²) in [5, 5.41) is 4.19. The second-order valence-electron chi connectivity index (χ2n) is 8.25. The van der Waals surface area contributed by atoms with Gasteiger partial charge >= 0.3 is 0 Å². The monoisotopic (exact) mass is 402 g/mol.